The standard InChI is InChI=1S/C10H6ClF3N2.C6H12.C3H8/c11-5-1-2-8-6(3-5)7(15)4-9(16-8)10(12,13)14;1-2-4-6-5-3-1;1-3-2/h1-4H,(H2,15,16);1-6H2;3H2,1-2H3. The summed E-state index contributed by atoms with van der Waals surface area (Å²) in [4.78, 5) is 3.48. The third-order valence-corrected chi connectivity index (χ3v) is 3.83. The van der Waals surface area contributed by atoms with E-state index in [0.717, 1.165) is 6.07 Å². The number of nitrogen functional groups attached to an aromatic ring is 1. The van der Waals surface area contributed by atoms with E-state index in [9.17, 15) is 13.2 Å². The van der Waals surface area contributed by atoms with Crippen LogP contribution in [0.2, 0.25) is 5.02 Å². The Kier molecular flexibility index (Phi) is 9.04. The fourth-order valence-corrected chi connectivity index (χ4v) is 2.60. The van der Waals surface area contributed by atoms with Crippen molar-refractivity contribution in [3.8, 4) is 0 Å². The van der Waals surface area contributed by atoms with Crippen LogP contribution in [-0.2, 0) is 6.18 Å². The molecule has 3 rings (SSSR count). The van der Waals surface area contributed by atoms with Gasteiger partial charge >= 0.3 is 6.18 Å². The normalized spacial score (nSPS) is 14.2. The number of pyridine rings is 1. The first kappa shape index (κ1) is 21.6. The lowest BCUT2D eigenvalue weighted by Gasteiger charge is -2.09. The van der Waals surface area contributed by atoms with Crippen LogP contribution in [0.1, 0.15) is 64.5 Å². The minimum atomic E-state index is -4.50. The van der Waals surface area contributed by atoms with Gasteiger partial charge in [-0.15, -0.1) is 0 Å². The van der Waals surface area contributed by atoms with Gasteiger partial charge in [0.15, 0.2) is 0 Å². The van der Waals surface area contributed by atoms with Crippen molar-refractivity contribution < 1.29 is 13.2 Å². The van der Waals surface area contributed by atoms with E-state index in [1.807, 2.05) is 0 Å². The molecule has 140 valence electrons. The topological polar surface area (TPSA) is 38.9 Å². The zero-order valence-corrected chi connectivity index (χ0v) is 15.6. The van der Waals surface area contributed by atoms with Gasteiger partial charge in [-0.2, -0.15) is 13.2 Å². The van der Waals surface area contributed by atoms with Gasteiger partial charge in [0, 0.05) is 16.1 Å². The molecule has 2 nitrogen and oxygen atoms in total. The Hall–Kier alpha value is -1.49. The number of rotatable bonds is 0. The van der Waals surface area contributed by atoms with Gasteiger partial charge in [-0.25, -0.2) is 4.98 Å². The van der Waals surface area contributed by atoms with Gasteiger partial charge in [-0.05, 0) is 24.3 Å². The molecule has 0 amide bonds. The van der Waals surface area contributed by atoms with Gasteiger partial charge in [0.05, 0.1) is 5.52 Å². The van der Waals surface area contributed by atoms with Crippen LogP contribution in [0.5, 0.6) is 0 Å². The molecule has 1 saturated carbocycles. The second-order valence-electron chi connectivity index (χ2n) is 6.08. The highest BCUT2D eigenvalue weighted by atomic mass is 35.5. The number of fused-ring (bicyclic) bond motifs is 1. The molecule has 6 heteroatoms. The van der Waals surface area contributed by atoms with E-state index in [1.54, 1.807) is 0 Å². The van der Waals surface area contributed by atoms with Crippen molar-refractivity contribution in [3.05, 3.63) is 35.0 Å². The Balaban J connectivity index is 0.000000287. The third-order valence-electron chi connectivity index (χ3n) is 3.59. The molecular formula is C19H26ClF3N2. The van der Waals surface area contributed by atoms with Gasteiger partial charge < -0.3 is 5.73 Å². The lowest BCUT2D eigenvalue weighted by molar-refractivity contribution is -0.140. The highest BCUT2D eigenvalue weighted by Gasteiger charge is 2.33. The number of nitrogens with zero attached hydrogens (tertiary/aromatic N) is 1. The second kappa shape index (κ2) is 10.5. The summed E-state index contributed by atoms with van der Waals surface area (Å²) in [5.41, 5.74) is 4.72. The molecule has 0 bridgehead atoms. The number of hydrogen-bond donors (Lipinski definition) is 1. The fourth-order valence-electron chi connectivity index (χ4n) is 2.43. The summed E-state index contributed by atoms with van der Waals surface area (Å²) in [6.45, 7) is 4.25. The minimum absolute atomic E-state index is 0.0137. The minimum Gasteiger partial charge on any atom is -0.398 e. The molecule has 1 fully saturated rings. The monoisotopic (exact) mass is 374 g/mol. The van der Waals surface area contributed by atoms with E-state index in [1.165, 1.54) is 63.1 Å². The van der Waals surface area contributed by atoms with Crippen molar-refractivity contribution in [2.75, 3.05) is 5.73 Å². The first-order valence-corrected chi connectivity index (χ1v) is 9.10. The van der Waals surface area contributed by atoms with Crippen LogP contribution in [0.4, 0.5) is 18.9 Å². The maximum absolute atomic E-state index is 12.4. The summed E-state index contributed by atoms with van der Waals surface area (Å²) in [6.07, 6.45) is 5.75. The first-order valence-electron chi connectivity index (χ1n) is 8.72. The largest absolute Gasteiger partial charge is 0.433 e. The predicted octanol–water partition coefficient (Wildman–Crippen LogP) is 7.25. The average molecular weight is 375 g/mol. The molecule has 2 aromatic rings. The number of halogens is 4. The van der Waals surface area contributed by atoms with E-state index in [4.69, 9.17) is 17.3 Å². The van der Waals surface area contributed by atoms with Crippen molar-refractivity contribution in [3.63, 3.8) is 0 Å². The van der Waals surface area contributed by atoms with Crippen LogP contribution in [0.15, 0.2) is 24.3 Å². The lowest BCUT2D eigenvalue weighted by Crippen LogP contribution is -2.09. The van der Waals surface area contributed by atoms with Gasteiger partial charge in [-0.1, -0.05) is 70.4 Å². The smallest absolute Gasteiger partial charge is 0.398 e. The quantitative estimate of drug-likeness (QED) is 0.527. The molecule has 1 aliphatic carbocycles. The van der Waals surface area contributed by atoms with E-state index >= 15 is 0 Å². The predicted molar refractivity (Wildman–Crippen MR) is 99.8 cm³/mol. The SMILES string of the molecule is C1CCCCC1.CCC.Nc1cc(C(F)(F)F)nc2ccc(Cl)cc12. The van der Waals surface area contributed by atoms with E-state index in [-0.39, 0.29) is 11.2 Å². The highest BCUT2D eigenvalue weighted by Crippen LogP contribution is 2.32. The number of aromatic nitrogens is 1. The molecule has 0 atom stereocenters. The van der Waals surface area contributed by atoms with Crippen molar-refractivity contribution in [1.82, 2.24) is 4.98 Å². The fraction of sp³-hybridized carbons (Fsp3) is 0.526. The van der Waals surface area contributed by atoms with Crippen LogP contribution in [-0.4, -0.2) is 4.98 Å². The van der Waals surface area contributed by atoms with Gasteiger partial charge in [0.25, 0.3) is 0 Å². The number of alkyl halides is 3. The van der Waals surface area contributed by atoms with Crippen LogP contribution >= 0.6 is 11.6 Å². The summed E-state index contributed by atoms with van der Waals surface area (Å²) in [6, 6.07) is 5.16. The Morgan fingerprint density at radius 2 is 1.48 bits per heavy atom. The number of anilines is 1. The maximum atomic E-state index is 12.4. The summed E-state index contributed by atoms with van der Waals surface area (Å²) < 4.78 is 37.3. The Morgan fingerprint density at radius 1 is 1.00 bits per heavy atom. The zero-order chi connectivity index (χ0) is 18.9. The van der Waals surface area contributed by atoms with Crippen LogP contribution in [0, 0.1) is 0 Å². The number of hydrogen-bond acceptors (Lipinski definition) is 2. The third kappa shape index (κ3) is 7.51. The molecule has 0 spiro atoms. The Labute approximate surface area is 152 Å². The van der Waals surface area contributed by atoms with E-state index in [2.05, 4.69) is 18.8 Å². The molecule has 1 heterocycles. The lowest BCUT2D eigenvalue weighted by atomic mass is 10.0. The first-order chi connectivity index (χ1) is 11.8. The Bertz CT molecular complexity index is 641. The summed E-state index contributed by atoms with van der Waals surface area (Å²) >= 11 is 5.71. The van der Waals surface area contributed by atoms with Crippen LogP contribution in [0.3, 0.4) is 0 Å². The molecule has 1 aliphatic rings. The van der Waals surface area contributed by atoms with Crippen LogP contribution < -0.4 is 5.73 Å². The summed E-state index contributed by atoms with van der Waals surface area (Å²) in [5, 5.41) is 0.821. The molecule has 1 aromatic heterocycles. The van der Waals surface area contributed by atoms with E-state index in [0.29, 0.717) is 10.4 Å². The molecule has 0 saturated heterocycles. The second-order valence-corrected chi connectivity index (χ2v) is 6.52. The highest BCUT2D eigenvalue weighted by molar-refractivity contribution is 6.31. The molecule has 1 aromatic carbocycles. The number of nitrogens with two attached hydrogens (primary N) is 1. The average Bonchev–Trinajstić information content (AvgIpc) is 2.57. The molecule has 25 heavy (non-hydrogen) atoms. The van der Waals surface area contributed by atoms with Gasteiger partial charge in [0.2, 0.25) is 0 Å². The summed E-state index contributed by atoms with van der Waals surface area (Å²) in [5.74, 6) is 0. The summed E-state index contributed by atoms with van der Waals surface area (Å²) in [7, 11) is 0. The van der Waals surface area contributed by atoms with Crippen LogP contribution in [0.25, 0.3) is 10.9 Å². The van der Waals surface area contributed by atoms with Gasteiger partial charge in [0.1, 0.15) is 5.69 Å². The zero-order valence-electron chi connectivity index (χ0n) is 14.8. The molecule has 0 radical (unpaired) electrons. The van der Waals surface area contributed by atoms with E-state index < -0.39 is 11.9 Å². The van der Waals surface area contributed by atoms with Crippen molar-refractivity contribution in [2.45, 2.75) is 65.0 Å². The Morgan fingerprint density at radius 3 is 1.92 bits per heavy atom. The molecular weight excluding hydrogens is 349 g/mol. The van der Waals surface area contributed by atoms with Crippen molar-refractivity contribution in [2.24, 2.45) is 0 Å². The molecule has 0 unspecified atom stereocenters. The molecule has 2 N–H and O–H groups in total. The van der Waals surface area contributed by atoms with Crippen molar-refractivity contribution >= 4 is 28.2 Å². The van der Waals surface area contributed by atoms with Crippen molar-refractivity contribution in [1.29, 1.82) is 0 Å². The number of benzene rings is 1. The molecule has 0 aliphatic heterocycles. The maximum Gasteiger partial charge on any atom is 0.433 e. The van der Waals surface area contributed by atoms with Gasteiger partial charge in [-0.3, -0.25) is 0 Å².